The van der Waals surface area contributed by atoms with Crippen LogP contribution in [0.1, 0.15) is 58.8 Å². The van der Waals surface area contributed by atoms with Gasteiger partial charge in [-0.25, -0.2) is 0 Å². The lowest BCUT2D eigenvalue weighted by Crippen LogP contribution is -2.48. The summed E-state index contributed by atoms with van der Waals surface area (Å²) in [4.78, 5) is 0. The molecule has 1 heterocycles. The monoisotopic (exact) mass is 224 g/mol. The minimum atomic E-state index is -0.580. The van der Waals surface area contributed by atoms with E-state index in [1.54, 1.807) is 0 Å². The number of aliphatic hydroxyl groups is 1. The van der Waals surface area contributed by atoms with Gasteiger partial charge in [-0.3, -0.25) is 0 Å². The molecule has 1 aliphatic heterocycles. The molecule has 1 N–H and O–H groups in total. The number of hydrogen-bond donors (Lipinski definition) is 1. The Kier molecular flexibility index (Phi) is 3.41. The highest BCUT2D eigenvalue weighted by Gasteiger charge is 2.43. The molecule has 16 heavy (non-hydrogen) atoms. The van der Waals surface area contributed by atoms with E-state index in [1.807, 2.05) is 0 Å². The van der Waals surface area contributed by atoms with Crippen molar-refractivity contribution >= 4 is 0 Å². The second-order valence-electron chi connectivity index (χ2n) is 5.59. The summed E-state index contributed by atoms with van der Waals surface area (Å²) in [6.45, 7) is 4.96. The molecule has 0 saturated carbocycles. The summed E-state index contributed by atoms with van der Waals surface area (Å²) in [5, 5.41) is 10.8. The Morgan fingerprint density at radius 3 is 2.88 bits per heavy atom. The molecule has 0 aromatic rings. The predicted molar refractivity (Wildman–Crippen MR) is 65.4 cm³/mol. The second-order valence-corrected chi connectivity index (χ2v) is 5.59. The van der Waals surface area contributed by atoms with Gasteiger partial charge in [-0.15, -0.1) is 0 Å². The zero-order chi connectivity index (χ0) is 11.6. The molecule has 0 bridgehead atoms. The van der Waals surface area contributed by atoms with Crippen LogP contribution in [0, 0.1) is 0 Å². The van der Waals surface area contributed by atoms with Crippen molar-refractivity contribution in [2.24, 2.45) is 0 Å². The summed E-state index contributed by atoms with van der Waals surface area (Å²) < 4.78 is 5.81. The predicted octanol–water partition coefficient (Wildman–Crippen LogP) is 3.20. The molecule has 2 heteroatoms. The summed E-state index contributed by atoms with van der Waals surface area (Å²) >= 11 is 0. The number of allylic oxidation sites excluding steroid dienone is 1. The van der Waals surface area contributed by atoms with Crippen LogP contribution in [0.4, 0.5) is 0 Å². The fourth-order valence-electron chi connectivity index (χ4n) is 2.99. The lowest BCUT2D eigenvalue weighted by Gasteiger charge is -2.45. The lowest BCUT2D eigenvalue weighted by molar-refractivity contribution is -0.140. The van der Waals surface area contributed by atoms with Gasteiger partial charge >= 0.3 is 0 Å². The summed E-state index contributed by atoms with van der Waals surface area (Å²) in [6.07, 6.45) is 9.51. The van der Waals surface area contributed by atoms with E-state index in [2.05, 4.69) is 19.9 Å². The molecule has 0 radical (unpaired) electrons. The molecular weight excluding hydrogens is 200 g/mol. The first kappa shape index (κ1) is 12.1. The Morgan fingerprint density at radius 2 is 2.25 bits per heavy atom. The fourth-order valence-corrected chi connectivity index (χ4v) is 2.99. The van der Waals surface area contributed by atoms with Crippen LogP contribution in [-0.2, 0) is 4.74 Å². The van der Waals surface area contributed by atoms with Crippen LogP contribution in [0.25, 0.3) is 0 Å². The highest BCUT2D eigenvalue weighted by molar-refractivity contribution is 5.21. The van der Waals surface area contributed by atoms with Gasteiger partial charge in [-0.1, -0.05) is 13.0 Å². The highest BCUT2D eigenvalue weighted by atomic mass is 16.5. The maximum Gasteiger partial charge on any atom is 0.0906 e. The van der Waals surface area contributed by atoms with E-state index < -0.39 is 5.60 Å². The SMILES string of the molecule is CCC1(C)CC(O)(C2=CCCCC2)CCO1. The van der Waals surface area contributed by atoms with Crippen LogP contribution < -0.4 is 0 Å². The molecule has 1 fully saturated rings. The van der Waals surface area contributed by atoms with Crippen LogP contribution in [0.2, 0.25) is 0 Å². The van der Waals surface area contributed by atoms with Crippen molar-refractivity contribution in [3.63, 3.8) is 0 Å². The Hall–Kier alpha value is -0.340. The van der Waals surface area contributed by atoms with E-state index in [0.29, 0.717) is 6.61 Å². The summed E-state index contributed by atoms with van der Waals surface area (Å²) in [6, 6.07) is 0. The fraction of sp³-hybridized carbons (Fsp3) is 0.857. The molecule has 2 rings (SSSR count). The smallest absolute Gasteiger partial charge is 0.0906 e. The molecule has 2 atom stereocenters. The molecule has 0 aromatic heterocycles. The average Bonchev–Trinajstić information content (AvgIpc) is 2.30. The minimum absolute atomic E-state index is 0.134. The van der Waals surface area contributed by atoms with Crippen molar-refractivity contribution < 1.29 is 9.84 Å². The molecule has 2 unspecified atom stereocenters. The molecule has 0 spiro atoms. The van der Waals surface area contributed by atoms with E-state index in [4.69, 9.17) is 4.74 Å². The maximum atomic E-state index is 10.8. The van der Waals surface area contributed by atoms with Gasteiger partial charge in [-0.05, 0) is 44.6 Å². The van der Waals surface area contributed by atoms with Crippen molar-refractivity contribution in [1.29, 1.82) is 0 Å². The molecular formula is C14H24O2. The molecule has 0 aromatic carbocycles. The van der Waals surface area contributed by atoms with Crippen molar-refractivity contribution in [3.8, 4) is 0 Å². The number of rotatable bonds is 2. The highest BCUT2D eigenvalue weighted by Crippen LogP contribution is 2.41. The molecule has 1 aliphatic carbocycles. The van der Waals surface area contributed by atoms with Crippen molar-refractivity contribution in [2.75, 3.05) is 6.61 Å². The minimum Gasteiger partial charge on any atom is -0.385 e. The lowest BCUT2D eigenvalue weighted by atomic mass is 9.74. The van der Waals surface area contributed by atoms with Crippen LogP contribution in [-0.4, -0.2) is 22.9 Å². The van der Waals surface area contributed by atoms with Gasteiger partial charge in [0.25, 0.3) is 0 Å². The Labute approximate surface area is 98.7 Å². The van der Waals surface area contributed by atoms with Gasteiger partial charge in [0.1, 0.15) is 0 Å². The molecule has 92 valence electrons. The van der Waals surface area contributed by atoms with Gasteiger partial charge in [0.2, 0.25) is 0 Å². The van der Waals surface area contributed by atoms with E-state index in [-0.39, 0.29) is 5.60 Å². The number of hydrogen-bond acceptors (Lipinski definition) is 2. The summed E-state index contributed by atoms with van der Waals surface area (Å²) in [5.41, 5.74) is 0.566. The normalized spacial score (nSPS) is 40.6. The van der Waals surface area contributed by atoms with Crippen LogP contribution in [0.3, 0.4) is 0 Å². The average molecular weight is 224 g/mol. The van der Waals surface area contributed by atoms with Gasteiger partial charge in [0, 0.05) is 12.8 Å². The van der Waals surface area contributed by atoms with Gasteiger partial charge in [-0.2, -0.15) is 0 Å². The molecule has 0 amide bonds. The first-order valence-corrected chi connectivity index (χ1v) is 6.64. The molecule has 2 nitrogen and oxygen atoms in total. The first-order valence-electron chi connectivity index (χ1n) is 6.64. The molecule has 1 saturated heterocycles. The third kappa shape index (κ3) is 2.33. The van der Waals surface area contributed by atoms with Crippen LogP contribution >= 0.6 is 0 Å². The number of ether oxygens (including phenoxy) is 1. The van der Waals surface area contributed by atoms with E-state index >= 15 is 0 Å². The third-order valence-electron chi connectivity index (χ3n) is 4.27. The Balaban J connectivity index is 2.14. The first-order chi connectivity index (χ1) is 7.58. The van der Waals surface area contributed by atoms with Crippen LogP contribution in [0.15, 0.2) is 11.6 Å². The molecule has 2 aliphatic rings. The van der Waals surface area contributed by atoms with Gasteiger partial charge in [0.05, 0.1) is 17.8 Å². The van der Waals surface area contributed by atoms with E-state index in [9.17, 15) is 5.11 Å². The topological polar surface area (TPSA) is 29.5 Å². The van der Waals surface area contributed by atoms with Crippen molar-refractivity contribution in [1.82, 2.24) is 0 Å². The standard InChI is InChI=1S/C14H24O2/c1-3-13(2)11-14(15,9-10-16-13)12-7-5-4-6-8-12/h7,15H,3-6,8-11H2,1-2H3. The Morgan fingerprint density at radius 1 is 1.44 bits per heavy atom. The zero-order valence-corrected chi connectivity index (χ0v) is 10.6. The Bertz CT molecular complexity index is 284. The summed E-state index contributed by atoms with van der Waals surface area (Å²) in [5.74, 6) is 0. The van der Waals surface area contributed by atoms with Gasteiger partial charge < -0.3 is 9.84 Å². The second kappa shape index (κ2) is 4.50. The third-order valence-corrected chi connectivity index (χ3v) is 4.27. The van der Waals surface area contributed by atoms with Crippen molar-refractivity contribution in [3.05, 3.63) is 11.6 Å². The zero-order valence-electron chi connectivity index (χ0n) is 10.6. The quantitative estimate of drug-likeness (QED) is 0.730. The largest absolute Gasteiger partial charge is 0.385 e. The summed E-state index contributed by atoms with van der Waals surface area (Å²) in [7, 11) is 0. The van der Waals surface area contributed by atoms with Crippen molar-refractivity contribution in [2.45, 2.75) is 70.0 Å². The van der Waals surface area contributed by atoms with E-state index in [1.165, 1.54) is 18.4 Å². The van der Waals surface area contributed by atoms with E-state index in [0.717, 1.165) is 32.1 Å². The van der Waals surface area contributed by atoms with Crippen LogP contribution in [0.5, 0.6) is 0 Å². The maximum absolute atomic E-state index is 10.8. The van der Waals surface area contributed by atoms with Gasteiger partial charge in [0.15, 0.2) is 0 Å².